The number of benzene rings is 1. The summed E-state index contributed by atoms with van der Waals surface area (Å²) in [7, 11) is 3.82. The summed E-state index contributed by atoms with van der Waals surface area (Å²) >= 11 is 0. The zero-order valence-electron chi connectivity index (χ0n) is 13.1. The summed E-state index contributed by atoms with van der Waals surface area (Å²) in [5, 5.41) is 9.19. The fourth-order valence-electron chi connectivity index (χ4n) is 2.99. The second kappa shape index (κ2) is 8.25. The lowest BCUT2D eigenvalue weighted by Crippen LogP contribution is -2.38. The Hall–Kier alpha value is -1.26. The molecular weight excluding hydrogens is 266 g/mol. The molecule has 0 bridgehead atoms. The standard InChI is InChI=1S/C17H27NO3/c1-18(15-9-7-14(13-19)8-10-15)11-12-21-17-6-4-3-5-16(17)20-2/h3-6,14-15,19H,7-13H2,1-2H3. The van der Waals surface area contributed by atoms with E-state index >= 15 is 0 Å². The van der Waals surface area contributed by atoms with E-state index in [0.717, 1.165) is 30.9 Å². The molecule has 1 aliphatic carbocycles. The molecule has 0 aliphatic heterocycles. The molecule has 21 heavy (non-hydrogen) atoms. The molecule has 118 valence electrons. The molecule has 0 unspecified atom stereocenters. The predicted octanol–water partition coefficient (Wildman–Crippen LogP) is 2.56. The minimum absolute atomic E-state index is 0.341. The third kappa shape index (κ3) is 4.61. The molecule has 1 aromatic rings. The first-order valence-electron chi connectivity index (χ1n) is 7.81. The quantitative estimate of drug-likeness (QED) is 0.839. The lowest BCUT2D eigenvalue weighted by Gasteiger charge is -2.34. The maximum atomic E-state index is 9.19. The first kappa shape index (κ1) is 16.1. The van der Waals surface area contributed by atoms with Crippen molar-refractivity contribution in [2.75, 3.05) is 33.9 Å². The van der Waals surface area contributed by atoms with Gasteiger partial charge in [-0.1, -0.05) is 12.1 Å². The van der Waals surface area contributed by atoms with Gasteiger partial charge >= 0.3 is 0 Å². The number of nitrogens with zero attached hydrogens (tertiary/aromatic N) is 1. The summed E-state index contributed by atoms with van der Waals surface area (Å²) in [6.07, 6.45) is 4.63. The lowest BCUT2D eigenvalue weighted by molar-refractivity contribution is 0.116. The van der Waals surface area contributed by atoms with Gasteiger partial charge in [-0.15, -0.1) is 0 Å². The van der Waals surface area contributed by atoms with E-state index in [1.165, 1.54) is 12.8 Å². The topological polar surface area (TPSA) is 41.9 Å². The second-order valence-electron chi connectivity index (χ2n) is 5.84. The monoisotopic (exact) mass is 293 g/mol. The van der Waals surface area contributed by atoms with Crippen molar-refractivity contribution in [1.82, 2.24) is 4.90 Å². The fourth-order valence-corrected chi connectivity index (χ4v) is 2.99. The molecule has 4 heteroatoms. The van der Waals surface area contributed by atoms with Gasteiger partial charge in [0.05, 0.1) is 7.11 Å². The SMILES string of the molecule is COc1ccccc1OCCN(C)C1CCC(CO)CC1. The molecule has 0 spiro atoms. The van der Waals surface area contributed by atoms with Crippen LogP contribution >= 0.6 is 0 Å². The number of hydrogen-bond donors (Lipinski definition) is 1. The smallest absolute Gasteiger partial charge is 0.161 e. The Labute approximate surface area is 127 Å². The second-order valence-corrected chi connectivity index (χ2v) is 5.84. The van der Waals surface area contributed by atoms with Gasteiger partial charge in [0.2, 0.25) is 0 Å². The van der Waals surface area contributed by atoms with E-state index in [1.807, 2.05) is 24.3 Å². The third-order valence-electron chi connectivity index (χ3n) is 4.47. The van der Waals surface area contributed by atoms with E-state index in [0.29, 0.717) is 25.2 Å². The zero-order chi connectivity index (χ0) is 15.1. The normalized spacial score (nSPS) is 22.3. The maximum absolute atomic E-state index is 9.19. The van der Waals surface area contributed by atoms with Crippen LogP contribution in [0.1, 0.15) is 25.7 Å². The molecule has 1 saturated carbocycles. The molecule has 2 rings (SSSR count). The van der Waals surface area contributed by atoms with Crippen LogP contribution in [0.3, 0.4) is 0 Å². The average Bonchev–Trinajstić information content (AvgIpc) is 2.55. The first-order valence-corrected chi connectivity index (χ1v) is 7.81. The Morgan fingerprint density at radius 2 is 1.81 bits per heavy atom. The summed E-state index contributed by atoms with van der Waals surface area (Å²) in [4.78, 5) is 2.38. The number of rotatable bonds is 7. The number of likely N-dealkylation sites (N-methyl/N-ethyl adjacent to an activating group) is 1. The van der Waals surface area contributed by atoms with Crippen LogP contribution in [0.5, 0.6) is 11.5 Å². The summed E-state index contributed by atoms with van der Waals surface area (Å²) in [6.45, 7) is 1.91. The Morgan fingerprint density at radius 1 is 1.14 bits per heavy atom. The van der Waals surface area contributed by atoms with Gasteiger partial charge in [0.1, 0.15) is 6.61 Å². The number of hydrogen-bond acceptors (Lipinski definition) is 4. The van der Waals surface area contributed by atoms with Gasteiger partial charge < -0.3 is 19.5 Å². The van der Waals surface area contributed by atoms with E-state index < -0.39 is 0 Å². The minimum atomic E-state index is 0.341. The van der Waals surface area contributed by atoms with Crippen LogP contribution in [0.15, 0.2) is 24.3 Å². The van der Waals surface area contributed by atoms with Crippen molar-refractivity contribution in [3.05, 3.63) is 24.3 Å². The van der Waals surface area contributed by atoms with E-state index in [9.17, 15) is 5.11 Å². The number of methoxy groups -OCH3 is 1. The van der Waals surface area contributed by atoms with Crippen LogP contribution in [-0.2, 0) is 0 Å². The summed E-state index contributed by atoms with van der Waals surface area (Å²) in [6, 6.07) is 8.37. The highest BCUT2D eigenvalue weighted by atomic mass is 16.5. The van der Waals surface area contributed by atoms with Crippen LogP contribution in [0.25, 0.3) is 0 Å². The summed E-state index contributed by atoms with van der Waals surface area (Å²) < 4.78 is 11.1. The lowest BCUT2D eigenvalue weighted by atomic mass is 9.86. The van der Waals surface area contributed by atoms with Gasteiger partial charge in [0, 0.05) is 19.2 Å². The molecule has 0 amide bonds. The van der Waals surface area contributed by atoms with Crippen molar-refractivity contribution in [2.45, 2.75) is 31.7 Å². The molecule has 0 heterocycles. The van der Waals surface area contributed by atoms with E-state index in [4.69, 9.17) is 9.47 Å². The molecule has 1 fully saturated rings. The molecular formula is C17H27NO3. The Bertz CT molecular complexity index is 416. The highest BCUT2D eigenvalue weighted by molar-refractivity contribution is 5.39. The molecule has 0 radical (unpaired) electrons. The fraction of sp³-hybridized carbons (Fsp3) is 0.647. The highest BCUT2D eigenvalue weighted by Gasteiger charge is 2.23. The number of para-hydroxylation sites is 2. The predicted molar refractivity (Wildman–Crippen MR) is 84.0 cm³/mol. The van der Waals surface area contributed by atoms with E-state index in [2.05, 4.69) is 11.9 Å². The molecule has 1 aliphatic rings. The largest absolute Gasteiger partial charge is 0.493 e. The van der Waals surface area contributed by atoms with Crippen molar-refractivity contribution in [3.8, 4) is 11.5 Å². The maximum Gasteiger partial charge on any atom is 0.161 e. The van der Waals surface area contributed by atoms with Crippen molar-refractivity contribution in [3.63, 3.8) is 0 Å². The Morgan fingerprint density at radius 3 is 2.43 bits per heavy atom. The zero-order valence-corrected chi connectivity index (χ0v) is 13.1. The highest BCUT2D eigenvalue weighted by Crippen LogP contribution is 2.27. The van der Waals surface area contributed by atoms with Crippen LogP contribution in [-0.4, -0.2) is 50.0 Å². The van der Waals surface area contributed by atoms with Crippen molar-refractivity contribution < 1.29 is 14.6 Å². The van der Waals surface area contributed by atoms with Gasteiger partial charge in [-0.2, -0.15) is 0 Å². The molecule has 1 N–H and O–H groups in total. The van der Waals surface area contributed by atoms with Crippen LogP contribution in [0.2, 0.25) is 0 Å². The van der Waals surface area contributed by atoms with Crippen LogP contribution in [0, 0.1) is 5.92 Å². The number of aliphatic hydroxyl groups is 1. The third-order valence-corrected chi connectivity index (χ3v) is 4.47. The van der Waals surface area contributed by atoms with Gasteiger partial charge in [-0.3, -0.25) is 0 Å². The van der Waals surface area contributed by atoms with E-state index in [-0.39, 0.29) is 0 Å². The Kier molecular flexibility index (Phi) is 6.33. The summed E-state index contributed by atoms with van der Waals surface area (Å²) in [5.41, 5.74) is 0. The minimum Gasteiger partial charge on any atom is -0.493 e. The van der Waals surface area contributed by atoms with Crippen molar-refractivity contribution in [2.24, 2.45) is 5.92 Å². The van der Waals surface area contributed by atoms with Gasteiger partial charge in [-0.05, 0) is 50.8 Å². The van der Waals surface area contributed by atoms with Crippen molar-refractivity contribution >= 4 is 0 Å². The van der Waals surface area contributed by atoms with E-state index in [1.54, 1.807) is 7.11 Å². The summed E-state index contributed by atoms with van der Waals surface area (Å²) in [5.74, 6) is 2.10. The first-order chi connectivity index (χ1) is 10.2. The van der Waals surface area contributed by atoms with Crippen LogP contribution < -0.4 is 9.47 Å². The molecule has 0 aromatic heterocycles. The Balaban J connectivity index is 1.73. The number of aliphatic hydroxyl groups excluding tert-OH is 1. The van der Waals surface area contributed by atoms with Crippen molar-refractivity contribution in [1.29, 1.82) is 0 Å². The number of ether oxygens (including phenoxy) is 2. The van der Waals surface area contributed by atoms with Crippen LogP contribution in [0.4, 0.5) is 0 Å². The van der Waals surface area contributed by atoms with Gasteiger partial charge in [0.25, 0.3) is 0 Å². The average molecular weight is 293 g/mol. The molecule has 0 saturated heterocycles. The van der Waals surface area contributed by atoms with Gasteiger partial charge in [0.15, 0.2) is 11.5 Å². The molecule has 1 aromatic carbocycles. The van der Waals surface area contributed by atoms with Gasteiger partial charge in [-0.25, -0.2) is 0 Å². The molecule has 0 atom stereocenters. The molecule has 4 nitrogen and oxygen atoms in total.